The van der Waals surface area contributed by atoms with E-state index in [4.69, 9.17) is 4.74 Å². The van der Waals surface area contributed by atoms with Crippen molar-refractivity contribution in [1.82, 2.24) is 15.1 Å². The van der Waals surface area contributed by atoms with Gasteiger partial charge in [-0.2, -0.15) is 0 Å². The zero-order valence-corrected chi connectivity index (χ0v) is 16.4. The third-order valence-electron chi connectivity index (χ3n) is 5.37. The van der Waals surface area contributed by atoms with Gasteiger partial charge in [0.25, 0.3) is 5.91 Å². The normalized spacial score (nSPS) is 17.1. The molecule has 7 heteroatoms. The van der Waals surface area contributed by atoms with Gasteiger partial charge in [-0.05, 0) is 56.2 Å². The van der Waals surface area contributed by atoms with Gasteiger partial charge >= 0.3 is 0 Å². The molecule has 2 aliphatic rings. The lowest BCUT2D eigenvalue weighted by atomic mass is 10.1. The summed E-state index contributed by atoms with van der Waals surface area (Å²) in [6.07, 6.45) is 2.46. The van der Waals surface area contributed by atoms with Gasteiger partial charge in [-0.15, -0.1) is 10.2 Å². The molecule has 2 aliphatic heterocycles. The van der Waals surface area contributed by atoms with Crippen LogP contribution in [0.3, 0.4) is 0 Å². The van der Waals surface area contributed by atoms with E-state index in [1.165, 1.54) is 12.8 Å². The molecule has 2 fully saturated rings. The molecule has 0 N–H and O–H groups in total. The van der Waals surface area contributed by atoms with E-state index in [2.05, 4.69) is 26.1 Å². The van der Waals surface area contributed by atoms with Crippen LogP contribution >= 0.6 is 0 Å². The van der Waals surface area contributed by atoms with Crippen LogP contribution in [0.2, 0.25) is 0 Å². The molecule has 148 valence electrons. The number of carbonyl (C=O) groups excluding carboxylic acids is 1. The number of ether oxygens (including phenoxy) is 1. The molecule has 0 saturated carbocycles. The van der Waals surface area contributed by atoms with Gasteiger partial charge in [0.05, 0.1) is 6.61 Å². The molecule has 0 unspecified atom stereocenters. The Morgan fingerprint density at radius 3 is 1.96 bits per heavy atom. The van der Waals surface area contributed by atoms with Crippen LogP contribution in [-0.2, 0) is 0 Å². The van der Waals surface area contributed by atoms with E-state index >= 15 is 0 Å². The fourth-order valence-corrected chi connectivity index (χ4v) is 3.78. The molecule has 0 bridgehead atoms. The molecule has 3 heterocycles. The van der Waals surface area contributed by atoms with E-state index in [1.807, 2.05) is 42.2 Å². The molecule has 1 aromatic heterocycles. The topological polar surface area (TPSA) is 61.8 Å². The maximum absolute atomic E-state index is 12.7. The first-order chi connectivity index (χ1) is 13.7. The smallest absolute Gasteiger partial charge is 0.253 e. The van der Waals surface area contributed by atoms with Crippen LogP contribution in [0.4, 0.5) is 11.6 Å². The number of piperazine rings is 1. The zero-order valence-electron chi connectivity index (χ0n) is 16.4. The number of aromatic nitrogens is 2. The molecular weight excluding hydrogens is 354 g/mol. The minimum atomic E-state index is 0.0677. The van der Waals surface area contributed by atoms with Gasteiger partial charge in [0.15, 0.2) is 11.6 Å². The Labute approximate surface area is 165 Å². The second-order valence-corrected chi connectivity index (χ2v) is 7.18. The highest BCUT2D eigenvalue weighted by Gasteiger charge is 2.23. The van der Waals surface area contributed by atoms with Crippen molar-refractivity contribution in [3.8, 4) is 5.75 Å². The number of carbonyl (C=O) groups is 1. The zero-order chi connectivity index (χ0) is 19.3. The van der Waals surface area contributed by atoms with E-state index in [0.717, 1.165) is 43.6 Å². The molecule has 28 heavy (non-hydrogen) atoms. The summed E-state index contributed by atoms with van der Waals surface area (Å²) in [4.78, 5) is 19.1. The van der Waals surface area contributed by atoms with Crippen molar-refractivity contribution in [2.45, 2.75) is 19.8 Å². The van der Waals surface area contributed by atoms with Crippen molar-refractivity contribution < 1.29 is 9.53 Å². The van der Waals surface area contributed by atoms with Crippen LogP contribution in [0.1, 0.15) is 30.1 Å². The summed E-state index contributed by atoms with van der Waals surface area (Å²) < 4.78 is 5.44. The average molecular weight is 381 g/mol. The van der Waals surface area contributed by atoms with Crippen molar-refractivity contribution in [2.24, 2.45) is 0 Å². The summed E-state index contributed by atoms with van der Waals surface area (Å²) in [6.45, 7) is 7.60. The quantitative estimate of drug-likeness (QED) is 0.793. The Bertz CT molecular complexity index is 779. The van der Waals surface area contributed by atoms with Crippen molar-refractivity contribution in [3.05, 3.63) is 42.0 Å². The minimum absolute atomic E-state index is 0.0677. The van der Waals surface area contributed by atoms with Crippen molar-refractivity contribution in [3.63, 3.8) is 0 Å². The SMILES string of the molecule is CCOc1ccc(C(=O)N2CCN(c3ccc(N4CCCC4)nn3)CC2)cc1. The second kappa shape index (κ2) is 8.46. The fourth-order valence-electron chi connectivity index (χ4n) is 3.78. The van der Waals surface area contributed by atoms with Gasteiger partial charge < -0.3 is 19.4 Å². The number of anilines is 2. The van der Waals surface area contributed by atoms with Crippen LogP contribution in [0.5, 0.6) is 5.75 Å². The predicted molar refractivity (Wildman–Crippen MR) is 109 cm³/mol. The molecule has 0 aliphatic carbocycles. The van der Waals surface area contributed by atoms with Gasteiger partial charge in [-0.3, -0.25) is 4.79 Å². The van der Waals surface area contributed by atoms with Gasteiger partial charge in [0, 0.05) is 44.8 Å². The number of hydrogen-bond donors (Lipinski definition) is 0. The molecule has 1 amide bonds. The lowest BCUT2D eigenvalue weighted by Crippen LogP contribution is -2.49. The number of rotatable bonds is 5. The summed E-state index contributed by atoms with van der Waals surface area (Å²) in [7, 11) is 0. The summed E-state index contributed by atoms with van der Waals surface area (Å²) in [5.74, 6) is 2.71. The molecule has 2 aromatic rings. The summed E-state index contributed by atoms with van der Waals surface area (Å²) in [5, 5.41) is 8.82. The minimum Gasteiger partial charge on any atom is -0.494 e. The van der Waals surface area contributed by atoms with Crippen LogP contribution in [0, 0.1) is 0 Å². The number of benzene rings is 1. The van der Waals surface area contributed by atoms with E-state index < -0.39 is 0 Å². The molecule has 4 rings (SSSR count). The van der Waals surface area contributed by atoms with Crippen LogP contribution < -0.4 is 14.5 Å². The van der Waals surface area contributed by atoms with Gasteiger partial charge in [0.1, 0.15) is 5.75 Å². The third kappa shape index (κ3) is 4.03. The number of amides is 1. The van der Waals surface area contributed by atoms with E-state index in [0.29, 0.717) is 25.3 Å². The lowest BCUT2D eigenvalue weighted by Gasteiger charge is -2.35. The average Bonchev–Trinajstić information content (AvgIpc) is 3.29. The lowest BCUT2D eigenvalue weighted by molar-refractivity contribution is 0.0746. The first kappa shape index (κ1) is 18.5. The largest absolute Gasteiger partial charge is 0.494 e. The Balaban J connectivity index is 1.33. The van der Waals surface area contributed by atoms with Gasteiger partial charge in [0.2, 0.25) is 0 Å². The van der Waals surface area contributed by atoms with E-state index in [9.17, 15) is 4.79 Å². The molecule has 0 radical (unpaired) electrons. The molecule has 0 spiro atoms. The summed E-state index contributed by atoms with van der Waals surface area (Å²) >= 11 is 0. The van der Waals surface area contributed by atoms with Crippen LogP contribution in [0.25, 0.3) is 0 Å². The highest BCUT2D eigenvalue weighted by Crippen LogP contribution is 2.20. The number of nitrogens with zero attached hydrogens (tertiary/aromatic N) is 5. The molecule has 2 saturated heterocycles. The predicted octanol–water partition coefficient (Wildman–Crippen LogP) is 2.44. The highest BCUT2D eigenvalue weighted by molar-refractivity contribution is 5.94. The van der Waals surface area contributed by atoms with Crippen LogP contribution in [0.15, 0.2) is 36.4 Å². The van der Waals surface area contributed by atoms with Crippen molar-refractivity contribution in [1.29, 1.82) is 0 Å². The molecule has 0 atom stereocenters. The van der Waals surface area contributed by atoms with Crippen molar-refractivity contribution >= 4 is 17.5 Å². The first-order valence-corrected chi connectivity index (χ1v) is 10.1. The Morgan fingerprint density at radius 2 is 1.43 bits per heavy atom. The standard InChI is InChI=1S/C21H27N5O2/c1-2-28-18-7-5-17(6-8-18)21(27)26-15-13-25(14-16-26)20-10-9-19(22-23-20)24-11-3-4-12-24/h5-10H,2-4,11-16H2,1H3. The molecule has 7 nitrogen and oxygen atoms in total. The Kier molecular flexibility index (Phi) is 5.60. The third-order valence-corrected chi connectivity index (χ3v) is 5.37. The van der Waals surface area contributed by atoms with Gasteiger partial charge in [-0.25, -0.2) is 0 Å². The fraction of sp³-hybridized carbons (Fsp3) is 0.476. The maximum atomic E-state index is 12.7. The van der Waals surface area contributed by atoms with E-state index in [-0.39, 0.29) is 5.91 Å². The van der Waals surface area contributed by atoms with Crippen molar-refractivity contribution in [2.75, 3.05) is 55.7 Å². The van der Waals surface area contributed by atoms with E-state index in [1.54, 1.807) is 0 Å². The maximum Gasteiger partial charge on any atom is 0.253 e. The molecular formula is C21H27N5O2. The van der Waals surface area contributed by atoms with Crippen LogP contribution in [-0.4, -0.2) is 66.9 Å². The van der Waals surface area contributed by atoms with Gasteiger partial charge in [-0.1, -0.05) is 0 Å². The number of hydrogen-bond acceptors (Lipinski definition) is 6. The second-order valence-electron chi connectivity index (χ2n) is 7.18. The Morgan fingerprint density at radius 1 is 0.857 bits per heavy atom. The summed E-state index contributed by atoms with van der Waals surface area (Å²) in [5.41, 5.74) is 0.701. The molecule has 1 aromatic carbocycles. The monoisotopic (exact) mass is 381 g/mol. The highest BCUT2D eigenvalue weighted by atomic mass is 16.5. The Hall–Kier alpha value is -2.83. The first-order valence-electron chi connectivity index (χ1n) is 10.1. The summed E-state index contributed by atoms with van der Waals surface area (Å²) in [6, 6.07) is 11.5.